The predicted molar refractivity (Wildman–Crippen MR) is 134 cm³/mol. The molecule has 0 spiro atoms. The van der Waals surface area contributed by atoms with E-state index in [9.17, 15) is 13.2 Å². The Morgan fingerprint density at radius 1 is 1.09 bits per heavy atom. The molecule has 1 heterocycles. The smallest absolute Gasteiger partial charge is 0.260 e. The lowest BCUT2D eigenvalue weighted by molar-refractivity contribution is -0.119. The van der Waals surface area contributed by atoms with Gasteiger partial charge in [-0.25, -0.2) is 13.8 Å². The number of rotatable bonds is 7. The van der Waals surface area contributed by atoms with E-state index in [1.165, 1.54) is 6.21 Å². The van der Waals surface area contributed by atoms with Gasteiger partial charge in [0.1, 0.15) is 6.54 Å². The molecule has 10 heteroatoms. The molecular formula is C23H24Cl2N4O3S. The standard InChI is InChI=1S/C23H24Cl2N4O3S/c1-15-6-5-7-21(8-15)28(33(4,31)32)14-23(30)27-26-13-18-9-16(2)29(17(18)3)22-11-19(24)10-20(25)12-22/h5-13H,14H2,1-4H3,(H,27,30)/b26-13+. The lowest BCUT2D eigenvalue weighted by Gasteiger charge is -2.21. The number of hydrazone groups is 1. The second kappa shape index (κ2) is 9.99. The number of benzene rings is 2. The van der Waals surface area contributed by atoms with Gasteiger partial charge >= 0.3 is 0 Å². The van der Waals surface area contributed by atoms with Crippen molar-refractivity contribution in [1.29, 1.82) is 0 Å². The maximum atomic E-state index is 12.4. The summed E-state index contributed by atoms with van der Waals surface area (Å²) in [4.78, 5) is 12.4. The zero-order valence-corrected chi connectivity index (χ0v) is 21.0. The highest BCUT2D eigenvalue weighted by Gasteiger charge is 2.20. The van der Waals surface area contributed by atoms with Crippen LogP contribution in [0.1, 0.15) is 22.5 Å². The van der Waals surface area contributed by atoms with Crippen molar-refractivity contribution in [3.05, 3.63) is 81.1 Å². The van der Waals surface area contributed by atoms with E-state index < -0.39 is 15.9 Å². The third-order valence-electron chi connectivity index (χ3n) is 4.95. The molecule has 174 valence electrons. The van der Waals surface area contributed by atoms with Crippen molar-refractivity contribution < 1.29 is 13.2 Å². The molecule has 0 atom stereocenters. The van der Waals surface area contributed by atoms with Gasteiger partial charge in [-0.3, -0.25) is 9.10 Å². The summed E-state index contributed by atoms with van der Waals surface area (Å²) in [5.41, 5.74) is 7.11. The highest BCUT2D eigenvalue weighted by Crippen LogP contribution is 2.26. The third-order valence-corrected chi connectivity index (χ3v) is 6.52. The van der Waals surface area contributed by atoms with Crippen LogP contribution < -0.4 is 9.73 Å². The number of halogens is 2. The SMILES string of the molecule is Cc1cccc(N(CC(=O)N/N=C/c2cc(C)n(-c3cc(Cl)cc(Cl)c3)c2C)S(C)(=O)=O)c1. The van der Waals surface area contributed by atoms with Crippen LogP contribution in [0.25, 0.3) is 5.69 Å². The predicted octanol–water partition coefficient (Wildman–Crippen LogP) is 4.63. The van der Waals surface area contributed by atoms with Crippen molar-refractivity contribution in [2.75, 3.05) is 17.1 Å². The van der Waals surface area contributed by atoms with E-state index in [0.29, 0.717) is 15.7 Å². The fraction of sp³-hybridized carbons (Fsp3) is 0.217. The van der Waals surface area contributed by atoms with Gasteiger partial charge < -0.3 is 4.57 Å². The van der Waals surface area contributed by atoms with Crippen LogP contribution in [0, 0.1) is 20.8 Å². The van der Waals surface area contributed by atoms with Crippen molar-refractivity contribution in [3.63, 3.8) is 0 Å². The lowest BCUT2D eigenvalue weighted by Crippen LogP contribution is -2.39. The Morgan fingerprint density at radius 3 is 2.36 bits per heavy atom. The van der Waals surface area contributed by atoms with E-state index in [-0.39, 0.29) is 6.54 Å². The number of aromatic nitrogens is 1. The highest BCUT2D eigenvalue weighted by molar-refractivity contribution is 7.92. The molecule has 3 aromatic rings. The number of nitrogens with zero attached hydrogens (tertiary/aromatic N) is 3. The lowest BCUT2D eigenvalue weighted by atomic mass is 10.2. The average molecular weight is 507 g/mol. The van der Waals surface area contributed by atoms with Crippen molar-refractivity contribution in [2.24, 2.45) is 5.10 Å². The molecule has 0 unspecified atom stereocenters. The highest BCUT2D eigenvalue weighted by atomic mass is 35.5. The normalized spacial score (nSPS) is 11.7. The van der Waals surface area contributed by atoms with Gasteiger partial charge in [-0.2, -0.15) is 5.10 Å². The van der Waals surface area contributed by atoms with Crippen molar-refractivity contribution in [1.82, 2.24) is 9.99 Å². The van der Waals surface area contributed by atoms with Gasteiger partial charge in [-0.1, -0.05) is 35.3 Å². The summed E-state index contributed by atoms with van der Waals surface area (Å²) < 4.78 is 27.5. The van der Waals surface area contributed by atoms with Crippen LogP contribution in [0.4, 0.5) is 5.69 Å². The Bertz CT molecular complexity index is 1310. The summed E-state index contributed by atoms with van der Waals surface area (Å²) >= 11 is 12.3. The number of carbonyl (C=O) groups excluding carboxylic acids is 1. The zero-order valence-electron chi connectivity index (χ0n) is 18.6. The fourth-order valence-electron chi connectivity index (χ4n) is 3.51. The maximum absolute atomic E-state index is 12.4. The van der Waals surface area contributed by atoms with Gasteiger partial charge in [0.15, 0.2) is 0 Å². The Balaban J connectivity index is 1.76. The van der Waals surface area contributed by atoms with Crippen LogP contribution in [-0.4, -0.2) is 37.9 Å². The molecule has 0 fully saturated rings. The van der Waals surface area contributed by atoms with Gasteiger partial charge in [0.05, 0.1) is 18.2 Å². The first kappa shape index (κ1) is 24.8. The van der Waals surface area contributed by atoms with E-state index in [1.807, 2.05) is 37.5 Å². The summed E-state index contributed by atoms with van der Waals surface area (Å²) in [6.45, 7) is 5.31. The molecule has 0 bridgehead atoms. The molecule has 0 radical (unpaired) electrons. The topological polar surface area (TPSA) is 83.8 Å². The molecule has 0 saturated carbocycles. The quantitative estimate of drug-likeness (QED) is 0.374. The minimum absolute atomic E-state index is 0.389. The van der Waals surface area contributed by atoms with Crippen molar-refractivity contribution in [2.45, 2.75) is 20.8 Å². The summed E-state index contributed by atoms with van der Waals surface area (Å²) in [6.07, 6.45) is 2.57. The summed E-state index contributed by atoms with van der Waals surface area (Å²) in [5.74, 6) is -0.561. The molecular weight excluding hydrogens is 483 g/mol. The van der Waals surface area contributed by atoms with E-state index in [4.69, 9.17) is 23.2 Å². The second-order valence-electron chi connectivity index (χ2n) is 7.69. The van der Waals surface area contributed by atoms with Crippen LogP contribution in [0.2, 0.25) is 10.0 Å². The molecule has 0 aliphatic rings. The van der Waals surface area contributed by atoms with Crippen molar-refractivity contribution in [3.8, 4) is 5.69 Å². The second-order valence-corrected chi connectivity index (χ2v) is 10.5. The van der Waals surface area contributed by atoms with Crippen molar-refractivity contribution >= 4 is 51.0 Å². The number of anilines is 1. The van der Waals surface area contributed by atoms with E-state index >= 15 is 0 Å². The molecule has 1 aromatic heterocycles. The Labute approximate surface area is 203 Å². The average Bonchev–Trinajstić information content (AvgIpc) is 2.97. The first-order valence-corrected chi connectivity index (χ1v) is 12.6. The van der Waals surface area contributed by atoms with Gasteiger partial charge in [0.25, 0.3) is 5.91 Å². The minimum atomic E-state index is -3.66. The van der Waals surface area contributed by atoms with Gasteiger partial charge in [-0.15, -0.1) is 0 Å². The zero-order chi connectivity index (χ0) is 24.3. The van der Waals surface area contributed by atoms with Crippen LogP contribution in [0.3, 0.4) is 0 Å². The van der Waals surface area contributed by atoms with Crippen LogP contribution >= 0.6 is 23.2 Å². The fourth-order valence-corrected chi connectivity index (χ4v) is 4.87. The molecule has 7 nitrogen and oxygen atoms in total. The first-order chi connectivity index (χ1) is 15.5. The molecule has 2 aromatic carbocycles. The van der Waals surface area contributed by atoms with Crippen LogP contribution in [0.15, 0.2) is 53.6 Å². The van der Waals surface area contributed by atoms with E-state index in [0.717, 1.165) is 38.8 Å². The Morgan fingerprint density at radius 2 is 1.76 bits per heavy atom. The third kappa shape index (κ3) is 6.16. The van der Waals surface area contributed by atoms with Gasteiger partial charge in [0, 0.05) is 32.7 Å². The Hall–Kier alpha value is -2.81. The molecule has 33 heavy (non-hydrogen) atoms. The van der Waals surface area contributed by atoms with Gasteiger partial charge in [0.2, 0.25) is 10.0 Å². The monoisotopic (exact) mass is 506 g/mol. The number of aryl methyl sites for hydroxylation is 2. The van der Waals surface area contributed by atoms with Crippen LogP contribution in [0.5, 0.6) is 0 Å². The molecule has 0 aliphatic carbocycles. The molecule has 0 aliphatic heterocycles. The van der Waals surface area contributed by atoms with E-state index in [2.05, 4.69) is 10.5 Å². The number of sulfonamides is 1. The minimum Gasteiger partial charge on any atom is -0.318 e. The molecule has 3 rings (SSSR count). The number of hydrogen-bond donors (Lipinski definition) is 1. The molecule has 1 amide bonds. The number of nitrogens with one attached hydrogen (secondary N) is 1. The summed E-state index contributed by atoms with van der Waals surface area (Å²) in [5, 5.41) is 5.07. The summed E-state index contributed by atoms with van der Waals surface area (Å²) in [7, 11) is -3.66. The maximum Gasteiger partial charge on any atom is 0.260 e. The number of carbonyl (C=O) groups is 1. The van der Waals surface area contributed by atoms with E-state index in [1.54, 1.807) is 36.4 Å². The summed E-state index contributed by atoms with van der Waals surface area (Å²) in [6, 6.07) is 14.1. The number of amides is 1. The first-order valence-electron chi connectivity index (χ1n) is 9.97. The molecule has 0 saturated heterocycles. The molecule has 1 N–H and O–H groups in total. The largest absolute Gasteiger partial charge is 0.318 e. The number of hydrogen-bond acceptors (Lipinski definition) is 4. The van der Waals surface area contributed by atoms with Gasteiger partial charge in [-0.05, 0) is 62.7 Å². The van der Waals surface area contributed by atoms with Crippen LogP contribution in [-0.2, 0) is 14.8 Å². The Kier molecular flexibility index (Phi) is 7.51.